The fourth-order valence-corrected chi connectivity index (χ4v) is 1.92. The average molecular weight is 248 g/mol. The Balaban J connectivity index is 2.24. The summed E-state index contributed by atoms with van der Waals surface area (Å²) < 4.78 is 26.6. The molecule has 1 nitrogen and oxygen atoms in total. The van der Waals surface area contributed by atoms with Gasteiger partial charge in [-0.2, -0.15) is 0 Å². The molecule has 0 saturated heterocycles. The molecule has 1 N–H and O–H groups in total. The second-order valence-electron chi connectivity index (χ2n) is 4.31. The Morgan fingerprint density at radius 3 is 2.56 bits per heavy atom. The Bertz CT molecular complexity index is 552. The third kappa shape index (κ3) is 2.74. The van der Waals surface area contributed by atoms with Crippen molar-refractivity contribution in [2.75, 3.05) is 0 Å². The smallest absolute Gasteiger partial charge is 0.129 e. The van der Waals surface area contributed by atoms with Crippen LogP contribution in [-0.4, -0.2) is 5.11 Å². The predicted molar refractivity (Wildman–Crippen MR) is 66.2 cm³/mol. The molecule has 0 heterocycles. The maximum absolute atomic E-state index is 13.5. The first kappa shape index (κ1) is 12.7. The van der Waals surface area contributed by atoms with Crippen LogP contribution in [0.3, 0.4) is 0 Å². The van der Waals surface area contributed by atoms with Gasteiger partial charge in [-0.3, -0.25) is 0 Å². The number of hydrogen-bond acceptors (Lipinski definition) is 1. The van der Waals surface area contributed by atoms with E-state index in [0.717, 1.165) is 5.56 Å². The lowest BCUT2D eigenvalue weighted by Crippen LogP contribution is -2.05. The van der Waals surface area contributed by atoms with Crippen LogP contribution in [0.15, 0.2) is 42.5 Å². The van der Waals surface area contributed by atoms with E-state index in [-0.39, 0.29) is 17.8 Å². The Kier molecular flexibility index (Phi) is 3.72. The van der Waals surface area contributed by atoms with Crippen LogP contribution in [0.1, 0.15) is 22.8 Å². The number of hydrogen-bond donors (Lipinski definition) is 1. The average Bonchev–Trinajstić information content (AvgIpc) is 2.34. The molecular formula is C15H14F2O. The number of halogens is 2. The van der Waals surface area contributed by atoms with Gasteiger partial charge in [0, 0.05) is 12.0 Å². The van der Waals surface area contributed by atoms with E-state index in [1.165, 1.54) is 24.3 Å². The van der Waals surface area contributed by atoms with Gasteiger partial charge in [0.2, 0.25) is 0 Å². The summed E-state index contributed by atoms with van der Waals surface area (Å²) >= 11 is 0. The van der Waals surface area contributed by atoms with Gasteiger partial charge in [0.1, 0.15) is 11.6 Å². The minimum atomic E-state index is -0.966. The molecule has 0 saturated carbocycles. The van der Waals surface area contributed by atoms with Gasteiger partial charge in [0.05, 0.1) is 6.10 Å². The van der Waals surface area contributed by atoms with Crippen molar-refractivity contribution in [2.45, 2.75) is 19.4 Å². The van der Waals surface area contributed by atoms with Crippen LogP contribution in [0.25, 0.3) is 0 Å². The summed E-state index contributed by atoms with van der Waals surface area (Å²) in [5, 5.41) is 10.0. The SMILES string of the molecule is Cc1ccc(F)cc1CC(O)c1ccccc1F. The lowest BCUT2D eigenvalue weighted by atomic mass is 9.98. The molecule has 0 fully saturated rings. The molecule has 0 aliphatic carbocycles. The molecule has 0 spiro atoms. The number of rotatable bonds is 3. The van der Waals surface area contributed by atoms with E-state index in [0.29, 0.717) is 5.56 Å². The maximum Gasteiger partial charge on any atom is 0.129 e. The number of aryl methyl sites for hydroxylation is 1. The standard InChI is InChI=1S/C15H14F2O/c1-10-6-7-12(16)8-11(10)9-15(18)13-4-2-3-5-14(13)17/h2-8,15,18H,9H2,1H3. The highest BCUT2D eigenvalue weighted by atomic mass is 19.1. The van der Waals surface area contributed by atoms with Crippen LogP contribution in [0, 0.1) is 18.6 Å². The molecule has 1 unspecified atom stereocenters. The van der Waals surface area contributed by atoms with Gasteiger partial charge in [0.15, 0.2) is 0 Å². The molecular weight excluding hydrogens is 234 g/mol. The molecule has 0 aliphatic rings. The molecule has 2 aromatic rings. The summed E-state index contributed by atoms with van der Waals surface area (Å²) in [6.07, 6.45) is -0.767. The summed E-state index contributed by atoms with van der Waals surface area (Å²) in [6, 6.07) is 10.5. The third-order valence-electron chi connectivity index (χ3n) is 2.99. The zero-order chi connectivity index (χ0) is 13.1. The van der Waals surface area contributed by atoms with Crippen molar-refractivity contribution in [1.82, 2.24) is 0 Å². The molecule has 2 aromatic carbocycles. The predicted octanol–water partition coefficient (Wildman–Crippen LogP) is 3.55. The van der Waals surface area contributed by atoms with Gasteiger partial charge in [-0.1, -0.05) is 24.3 Å². The van der Waals surface area contributed by atoms with E-state index in [4.69, 9.17) is 0 Å². The van der Waals surface area contributed by atoms with E-state index in [1.54, 1.807) is 18.2 Å². The van der Waals surface area contributed by atoms with Gasteiger partial charge >= 0.3 is 0 Å². The van der Waals surface area contributed by atoms with Crippen molar-refractivity contribution < 1.29 is 13.9 Å². The molecule has 0 amide bonds. The van der Waals surface area contributed by atoms with Crippen molar-refractivity contribution in [3.63, 3.8) is 0 Å². The minimum absolute atomic E-state index is 0.199. The summed E-state index contributed by atoms with van der Waals surface area (Å²) in [5.74, 6) is -0.796. The minimum Gasteiger partial charge on any atom is -0.388 e. The molecule has 0 bridgehead atoms. The van der Waals surface area contributed by atoms with Gasteiger partial charge < -0.3 is 5.11 Å². The second-order valence-corrected chi connectivity index (χ2v) is 4.31. The summed E-state index contributed by atoms with van der Waals surface area (Å²) in [4.78, 5) is 0. The van der Waals surface area contributed by atoms with Gasteiger partial charge in [-0.05, 0) is 36.2 Å². The summed E-state index contributed by atoms with van der Waals surface area (Å²) in [6.45, 7) is 1.84. The van der Waals surface area contributed by atoms with Crippen molar-refractivity contribution in [1.29, 1.82) is 0 Å². The van der Waals surface area contributed by atoms with Gasteiger partial charge in [0.25, 0.3) is 0 Å². The van der Waals surface area contributed by atoms with Gasteiger partial charge in [-0.15, -0.1) is 0 Å². The van der Waals surface area contributed by atoms with Crippen LogP contribution in [0.5, 0.6) is 0 Å². The van der Waals surface area contributed by atoms with Crippen molar-refractivity contribution in [3.05, 3.63) is 70.8 Å². The highest BCUT2D eigenvalue weighted by molar-refractivity contribution is 5.29. The molecule has 0 aliphatic heterocycles. The van der Waals surface area contributed by atoms with E-state index in [9.17, 15) is 13.9 Å². The fraction of sp³-hybridized carbons (Fsp3) is 0.200. The molecule has 18 heavy (non-hydrogen) atoms. The van der Waals surface area contributed by atoms with E-state index in [1.807, 2.05) is 6.92 Å². The Labute approximate surface area is 105 Å². The van der Waals surface area contributed by atoms with Crippen molar-refractivity contribution >= 4 is 0 Å². The Morgan fingerprint density at radius 2 is 1.83 bits per heavy atom. The van der Waals surface area contributed by atoms with Crippen LogP contribution >= 0.6 is 0 Å². The largest absolute Gasteiger partial charge is 0.388 e. The Morgan fingerprint density at radius 1 is 1.11 bits per heavy atom. The van der Waals surface area contributed by atoms with Gasteiger partial charge in [-0.25, -0.2) is 8.78 Å². The summed E-state index contributed by atoms with van der Waals surface area (Å²) in [7, 11) is 0. The number of aliphatic hydroxyl groups is 1. The monoisotopic (exact) mass is 248 g/mol. The topological polar surface area (TPSA) is 20.2 Å². The van der Waals surface area contributed by atoms with Crippen LogP contribution in [0.4, 0.5) is 8.78 Å². The molecule has 1 atom stereocenters. The zero-order valence-corrected chi connectivity index (χ0v) is 10.0. The zero-order valence-electron chi connectivity index (χ0n) is 10.0. The second kappa shape index (κ2) is 5.27. The fourth-order valence-electron chi connectivity index (χ4n) is 1.92. The summed E-state index contributed by atoms with van der Waals surface area (Å²) in [5.41, 5.74) is 1.80. The van der Waals surface area contributed by atoms with Crippen LogP contribution in [-0.2, 0) is 6.42 Å². The van der Waals surface area contributed by atoms with Crippen molar-refractivity contribution in [2.24, 2.45) is 0 Å². The van der Waals surface area contributed by atoms with Crippen molar-refractivity contribution in [3.8, 4) is 0 Å². The van der Waals surface area contributed by atoms with E-state index in [2.05, 4.69) is 0 Å². The lowest BCUT2D eigenvalue weighted by Gasteiger charge is -2.13. The first-order valence-electron chi connectivity index (χ1n) is 5.75. The molecule has 2 rings (SSSR count). The van der Waals surface area contributed by atoms with Crippen LogP contribution in [0.2, 0.25) is 0 Å². The lowest BCUT2D eigenvalue weighted by molar-refractivity contribution is 0.173. The van der Waals surface area contributed by atoms with E-state index >= 15 is 0 Å². The van der Waals surface area contributed by atoms with E-state index < -0.39 is 11.9 Å². The Hall–Kier alpha value is -1.74. The third-order valence-corrected chi connectivity index (χ3v) is 2.99. The number of benzene rings is 2. The molecule has 0 aromatic heterocycles. The first-order chi connectivity index (χ1) is 8.58. The maximum atomic E-state index is 13.5. The molecule has 94 valence electrons. The number of aliphatic hydroxyl groups excluding tert-OH is 1. The highest BCUT2D eigenvalue weighted by Gasteiger charge is 2.14. The van der Waals surface area contributed by atoms with Crippen LogP contribution < -0.4 is 0 Å². The quantitative estimate of drug-likeness (QED) is 0.880. The molecule has 0 radical (unpaired) electrons. The highest BCUT2D eigenvalue weighted by Crippen LogP contribution is 2.23. The first-order valence-corrected chi connectivity index (χ1v) is 5.75. The normalized spacial score (nSPS) is 12.4. The molecule has 3 heteroatoms.